The van der Waals surface area contributed by atoms with Gasteiger partial charge in [0.1, 0.15) is 4.88 Å². The van der Waals surface area contributed by atoms with Crippen molar-refractivity contribution in [2.45, 2.75) is 0 Å². The van der Waals surface area contributed by atoms with E-state index < -0.39 is 5.91 Å². The Kier molecular flexibility index (Phi) is 4.88. The molecule has 0 atom stereocenters. The number of rotatable bonds is 4. The van der Waals surface area contributed by atoms with E-state index in [1.807, 2.05) is 70.9 Å². The lowest BCUT2D eigenvalue weighted by molar-refractivity contribution is -0.117. The number of hydrazine groups is 1. The lowest BCUT2D eigenvalue weighted by Crippen LogP contribution is -2.40. The largest absolute Gasteiger partial charge is 0.322 e. The minimum absolute atomic E-state index is 0.352. The molecule has 0 spiro atoms. The first-order valence-electron chi connectivity index (χ1n) is 7.28. The molecule has 0 unspecified atom stereocenters. The first-order valence-corrected chi connectivity index (χ1v) is 8.16. The van der Waals surface area contributed by atoms with Crippen LogP contribution in [0.3, 0.4) is 0 Å². The van der Waals surface area contributed by atoms with E-state index in [0.29, 0.717) is 4.88 Å². The summed E-state index contributed by atoms with van der Waals surface area (Å²) in [6.07, 6.45) is 6.77. The van der Waals surface area contributed by atoms with Crippen LogP contribution in [-0.4, -0.2) is 16.4 Å². The van der Waals surface area contributed by atoms with E-state index in [4.69, 9.17) is 0 Å². The van der Waals surface area contributed by atoms with E-state index in [-0.39, 0.29) is 5.91 Å². The Labute approximate surface area is 143 Å². The van der Waals surface area contributed by atoms with Crippen LogP contribution in [0.2, 0.25) is 0 Å². The molecule has 2 heterocycles. The number of hydrogen-bond acceptors (Lipinski definition) is 3. The van der Waals surface area contributed by atoms with Gasteiger partial charge in [0.05, 0.1) is 5.69 Å². The fourth-order valence-corrected chi connectivity index (χ4v) is 2.91. The highest BCUT2D eigenvalue weighted by Gasteiger charge is 2.14. The number of carbonyl (C=O) groups is 2. The summed E-state index contributed by atoms with van der Waals surface area (Å²) in [5.74, 6) is -0.749. The summed E-state index contributed by atoms with van der Waals surface area (Å²) in [5, 5.41) is 1.83. The molecule has 3 rings (SSSR count). The normalized spacial score (nSPS) is 10.7. The molecule has 0 aliphatic carbocycles. The van der Waals surface area contributed by atoms with Gasteiger partial charge < -0.3 is 4.57 Å². The molecule has 0 bridgehead atoms. The van der Waals surface area contributed by atoms with Crippen LogP contribution in [0.25, 0.3) is 11.8 Å². The van der Waals surface area contributed by atoms with Crippen molar-refractivity contribution < 1.29 is 9.59 Å². The summed E-state index contributed by atoms with van der Waals surface area (Å²) in [6, 6.07) is 15.1. The molecule has 0 fully saturated rings. The number of hydrogen-bond donors (Lipinski definition) is 2. The Morgan fingerprint density at radius 1 is 0.958 bits per heavy atom. The number of amides is 2. The SMILES string of the molecule is O=C(/C=C/c1ccccc1)NNC(=O)c1sccc1-n1cccc1. The van der Waals surface area contributed by atoms with Crippen LogP contribution in [0.4, 0.5) is 0 Å². The summed E-state index contributed by atoms with van der Waals surface area (Å²) < 4.78 is 1.85. The maximum absolute atomic E-state index is 12.2. The molecule has 2 N–H and O–H groups in total. The predicted octanol–water partition coefficient (Wildman–Crippen LogP) is 3.01. The number of nitrogens with one attached hydrogen (secondary N) is 2. The zero-order valence-electron chi connectivity index (χ0n) is 12.7. The minimum Gasteiger partial charge on any atom is -0.322 e. The second-order valence-corrected chi connectivity index (χ2v) is 5.83. The van der Waals surface area contributed by atoms with Crippen LogP contribution in [0.15, 0.2) is 72.4 Å². The van der Waals surface area contributed by atoms with Crippen molar-refractivity contribution in [1.29, 1.82) is 0 Å². The lowest BCUT2D eigenvalue weighted by atomic mass is 10.2. The van der Waals surface area contributed by atoms with Gasteiger partial charge in [-0.25, -0.2) is 0 Å². The molecule has 3 aromatic rings. The van der Waals surface area contributed by atoms with Crippen LogP contribution in [0.1, 0.15) is 15.2 Å². The van der Waals surface area contributed by atoms with Gasteiger partial charge in [0.2, 0.25) is 0 Å². The summed E-state index contributed by atoms with van der Waals surface area (Å²) in [4.78, 5) is 24.6. The second kappa shape index (κ2) is 7.43. The Morgan fingerprint density at radius 3 is 2.46 bits per heavy atom. The third-order valence-corrected chi connectivity index (χ3v) is 4.16. The Balaban J connectivity index is 1.59. The maximum Gasteiger partial charge on any atom is 0.281 e. The monoisotopic (exact) mass is 337 g/mol. The Bertz CT molecular complexity index is 852. The highest BCUT2D eigenvalue weighted by atomic mass is 32.1. The van der Waals surface area contributed by atoms with E-state index in [0.717, 1.165) is 11.3 Å². The molecule has 5 nitrogen and oxygen atoms in total. The molecule has 0 saturated heterocycles. The zero-order valence-corrected chi connectivity index (χ0v) is 13.5. The van der Waals surface area contributed by atoms with Gasteiger partial charge in [0, 0.05) is 18.5 Å². The van der Waals surface area contributed by atoms with Crippen molar-refractivity contribution in [1.82, 2.24) is 15.4 Å². The summed E-state index contributed by atoms with van der Waals surface area (Å²) in [5.41, 5.74) is 6.50. The average Bonchev–Trinajstić information content (AvgIpc) is 3.29. The molecule has 24 heavy (non-hydrogen) atoms. The van der Waals surface area contributed by atoms with Crippen LogP contribution < -0.4 is 10.9 Å². The van der Waals surface area contributed by atoms with Crippen LogP contribution in [0, 0.1) is 0 Å². The number of carbonyl (C=O) groups excluding carboxylic acids is 2. The quantitative estimate of drug-likeness (QED) is 0.568. The molecule has 1 aromatic carbocycles. The van der Waals surface area contributed by atoms with E-state index in [1.165, 1.54) is 17.4 Å². The summed E-state index contributed by atoms with van der Waals surface area (Å²) in [6.45, 7) is 0. The minimum atomic E-state index is -0.397. The molecular formula is C18H15N3O2S. The number of aromatic nitrogens is 1. The van der Waals surface area contributed by atoms with Gasteiger partial charge >= 0.3 is 0 Å². The third kappa shape index (κ3) is 3.80. The summed E-state index contributed by atoms with van der Waals surface area (Å²) in [7, 11) is 0. The van der Waals surface area contributed by atoms with Gasteiger partial charge in [-0.05, 0) is 35.2 Å². The van der Waals surface area contributed by atoms with E-state index >= 15 is 0 Å². The number of nitrogens with zero attached hydrogens (tertiary/aromatic N) is 1. The highest BCUT2D eigenvalue weighted by Crippen LogP contribution is 2.20. The molecule has 2 aromatic heterocycles. The van der Waals surface area contributed by atoms with E-state index in [2.05, 4.69) is 10.9 Å². The third-order valence-electron chi connectivity index (χ3n) is 3.26. The van der Waals surface area contributed by atoms with E-state index in [9.17, 15) is 9.59 Å². The van der Waals surface area contributed by atoms with Crippen molar-refractivity contribution >= 4 is 29.2 Å². The van der Waals surface area contributed by atoms with Crippen molar-refractivity contribution in [3.05, 3.63) is 82.8 Å². The zero-order chi connectivity index (χ0) is 16.8. The van der Waals surface area contributed by atoms with Crippen molar-refractivity contribution in [2.24, 2.45) is 0 Å². The van der Waals surface area contributed by atoms with Gasteiger partial charge in [-0.1, -0.05) is 30.3 Å². The topological polar surface area (TPSA) is 63.1 Å². The standard InChI is InChI=1S/C18H15N3O2S/c22-16(9-8-14-6-2-1-3-7-14)19-20-18(23)17-15(10-13-24-17)21-11-4-5-12-21/h1-13H,(H,19,22)(H,20,23)/b9-8+. The van der Waals surface area contributed by atoms with Crippen molar-refractivity contribution in [3.63, 3.8) is 0 Å². The predicted molar refractivity (Wildman–Crippen MR) is 94.7 cm³/mol. The van der Waals surface area contributed by atoms with Gasteiger partial charge in [0.15, 0.2) is 0 Å². The fourth-order valence-electron chi connectivity index (χ4n) is 2.12. The summed E-state index contributed by atoms with van der Waals surface area (Å²) >= 11 is 1.32. The van der Waals surface area contributed by atoms with Crippen molar-refractivity contribution in [3.8, 4) is 5.69 Å². The van der Waals surface area contributed by atoms with E-state index in [1.54, 1.807) is 6.08 Å². The Hall–Kier alpha value is -3.12. The van der Waals surface area contributed by atoms with Gasteiger partial charge in [0.25, 0.3) is 11.8 Å². The first-order chi connectivity index (χ1) is 11.7. The molecule has 120 valence electrons. The maximum atomic E-state index is 12.2. The lowest BCUT2D eigenvalue weighted by Gasteiger charge is -2.07. The second-order valence-electron chi connectivity index (χ2n) is 4.91. The van der Waals surface area contributed by atoms with Crippen LogP contribution >= 0.6 is 11.3 Å². The molecule has 6 heteroatoms. The van der Waals surface area contributed by atoms with Gasteiger partial charge in [-0.15, -0.1) is 11.3 Å². The molecule has 2 amide bonds. The van der Waals surface area contributed by atoms with Gasteiger partial charge in [-0.2, -0.15) is 0 Å². The molecule has 0 saturated carbocycles. The Morgan fingerprint density at radius 2 is 1.71 bits per heavy atom. The first kappa shape index (κ1) is 15.8. The van der Waals surface area contributed by atoms with Gasteiger partial charge in [-0.3, -0.25) is 20.4 Å². The van der Waals surface area contributed by atoms with Crippen molar-refractivity contribution in [2.75, 3.05) is 0 Å². The fraction of sp³-hybridized carbons (Fsp3) is 0. The van der Waals surface area contributed by atoms with Crippen LogP contribution in [-0.2, 0) is 4.79 Å². The van der Waals surface area contributed by atoms with Crippen LogP contribution in [0.5, 0.6) is 0 Å². The molecule has 0 radical (unpaired) electrons. The number of thiophene rings is 1. The highest BCUT2D eigenvalue weighted by molar-refractivity contribution is 7.12. The molecule has 0 aliphatic rings. The molecular weight excluding hydrogens is 322 g/mol. The number of benzene rings is 1. The average molecular weight is 337 g/mol. The smallest absolute Gasteiger partial charge is 0.281 e. The molecule has 0 aliphatic heterocycles.